The van der Waals surface area contributed by atoms with Gasteiger partial charge in [-0.15, -0.1) is 0 Å². The van der Waals surface area contributed by atoms with Crippen molar-refractivity contribution in [2.24, 2.45) is 0 Å². The molecular formula is C17H18N2O4S. The Hall–Kier alpha value is -2.12. The fourth-order valence-electron chi connectivity index (χ4n) is 2.76. The van der Waals surface area contributed by atoms with E-state index in [-0.39, 0.29) is 10.9 Å². The molecule has 1 saturated carbocycles. The molecule has 1 aliphatic carbocycles. The maximum atomic E-state index is 13.1. The van der Waals surface area contributed by atoms with Gasteiger partial charge in [-0.2, -0.15) is 4.31 Å². The van der Waals surface area contributed by atoms with Gasteiger partial charge in [0.15, 0.2) is 11.5 Å². The van der Waals surface area contributed by atoms with Crippen LogP contribution in [0.5, 0.6) is 11.5 Å². The highest BCUT2D eigenvalue weighted by molar-refractivity contribution is 7.89. The van der Waals surface area contributed by atoms with Crippen molar-refractivity contribution in [3.63, 3.8) is 0 Å². The molecule has 0 amide bonds. The molecule has 0 unspecified atom stereocenters. The molecular weight excluding hydrogens is 328 g/mol. The second-order valence-corrected chi connectivity index (χ2v) is 7.84. The standard InChI is InChI=1S/C17H18N2O4S/c20-24(21,15-5-6-16-17(10-15)23-9-8-22-16)19(14-3-4-14)12-13-2-1-7-18-11-13/h1-2,5-7,10-11,14H,3-4,8-9,12H2. The van der Waals surface area contributed by atoms with Crippen molar-refractivity contribution in [3.05, 3.63) is 48.3 Å². The molecule has 126 valence electrons. The fraction of sp³-hybridized carbons (Fsp3) is 0.353. The molecule has 1 fully saturated rings. The molecule has 6 nitrogen and oxygen atoms in total. The molecule has 2 aromatic rings. The molecule has 7 heteroatoms. The minimum Gasteiger partial charge on any atom is -0.486 e. The lowest BCUT2D eigenvalue weighted by atomic mass is 10.3. The molecule has 0 saturated heterocycles. The van der Waals surface area contributed by atoms with Crippen molar-refractivity contribution in [2.45, 2.75) is 30.3 Å². The number of hydrogen-bond donors (Lipinski definition) is 0. The van der Waals surface area contributed by atoms with Crippen LogP contribution in [0.25, 0.3) is 0 Å². The van der Waals surface area contributed by atoms with Crippen LogP contribution in [0.3, 0.4) is 0 Å². The normalized spacial score (nSPS) is 17.0. The van der Waals surface area contributed by atoms with Crippen molar-refractivity contribution < 1.29 is 17.9 Å². The third-order valence-electron chi connectivity index (χ3n) is 4.14. The highest BCUT2D eigenvalue weighted by Crippen LogP contribution is 2.37. The number of hydrogen-bond acceptors (Lipinski definition) is 5. The van der Waals surface area contributed by atoms with E-state index in [4.69, 9.17) is 9.47 Å². The number of nitrogens with zero attached hydrogens (tertiary/aromatic N) is 2. The lowest BCUT2D eigenvalue weighted by Crippen LogP contribution is -2.32. The summed E-state index contributed by atoms with van der Waals surface area (Å²) in [7, 11) is -3.60. The molecule has 2 heterocycles. The van der Waals surface area contributed by atoms with Gasteiger partial charge in [0, 0.05) is 31.0 Å². The molecule has 24 heavy (non-hydrogen) atoms. The van der Waals surface area contributed by atoms with E-state index in [0.29, 0.717) is 31.3 Å². The average Bonchev–Trinajstić information content (AvgIpc) is 3.45. The van der Waals surface area contributed by atoms with Crippen molar-refractivity contribution in [1.29, 1.82) is 0 Å². The van der Waals surface area contributed by atoms with Gasteiger partial charge in [0.25, 0.3) is 0 Å². The third kappa shape index (κ3) is 2.97. The molecule has 0 radical (unpaired) electrons. The number of benzene rings is 1. The number of ether oxygens (including phenoxy) is 2. The van der Waals surface area contributed by atoms with E-state index >= 15 is 0 Å². The van der Waals surface area contributed by atoms with E-state index in [0.717, 1.165) is 18.4 Å². The summed E-state index contributed by atoms with van der Waals surface area (Å²) in [6.45, 7) is 1.24. The fourth-order valence-corrected chi connectivity index (χ4v) is 4.45. The molecule has 4 rings (SSSR count). The lowest BCUT2D eigenvalue weighted by Gasteiger charge is -2.23. The number of sulfonamides is 1. The van der Waals surface area contributed by atoms with E-state index < -0.39 is 10.0 Å². The number of fused-ring (bicyclic) bond motifs is 1. The maximum Gasteiger partial charge on any atom is 0.243 e. The Labute approximate surface area is 141 Å². The van der Waals surface area contributed by atoms with Crippen molar-refractivity contribution in [1.82, 2.24) is 9.29 Å². The quantitative estimate of drug-likeness (QED) is 0.830. The Bertz CT molecular complexity index is 835. The van der Waals surface area contributed by atoms with Crippen LogP contribution in [-0.2, 0) is 16.6 Å². The summed E-state index contributed by atoms with van der Waals surface area (Å²) < 4.78 is 38.8. The molecule has 2 aliphatic rings. The van der Waals surface area contributed by atoms with Crippen LogP contribution in [0.1, 0.15) is 18.4 Å². The van der Waals surface area contributed by atoms with E-state index in [1.54, 1.807) is 34.9 Å². The van der Waals surface area contributed by atoms with Crippen molar-refractivity contribution in [2.75, 3.05) is 13.2 Å². The van der Waals surface area contributed by atoms with Gasteiger partial charge in [0.05, 0.1) is 4.90 Å². The van der Waals surface area contributed by atoms with Gasteiger partial charge in [-0.3, -0.25) is 4.98 Å². The Kier molecular flexibility index (Phi) is 3.90. The topological polar surface area (TPSA) is 68.7 Å². The molecule has 0 bridgehead atoms. The zero-order valence-electron chi connectivity index (χ0n) is 13.1. The van der Waals surface area contributed by atoms with Crippen LogP contribution in [0.2, 0.25) is 0 Å². The highest BCUT2D eigenvalue weighted by atomic mass is 32.2. The minimum atomic E-state index is -3.60. The van der Waals surface area contributed by atoms with E-state index in [1.807, 2.05) is 12.1 Å². The summed E-state index contributed by atoms with van der Waals surface area (Å²) in [6, 6.07) is 8.57. The Morgan fingerprint density at radius 2 is 1.92 bits per heavy atom. The predicted octanol–water partition coefficient (Wildman–Crippen LogP) is 2.21. The predicted molar refractivity (Wildman–Crippen MR) is 87.4 cm³/mol. The molecule has 0 atom stereocenters. The summed E-state index contributed by atoms with van der Waals surface area (Å²) in [5, 5.41) is 0. The molecule has 0 spiro atoms. The number of pyridine rings is 1. The summed E-state index contributed by atoms with van der Waals surface area (Å²) >= 11 is 0. The summed E-state index contributed by atoms with van der Waals surface area (Å²) in [6.07, 6.45) is 5.17. The van der Waals surface area contributed by atoms with Crippen LogP contribution < -0.4 is 9.47 Å². The Morgan fingerprint density at radius 3 is 2.62 bits per heavy atom. The zero-order valence-corrected chi connectivity index (χ0v) is 13.9. The number of aromatic nitrogens is 1. The first kappa shape index (κ1) is 15.4. The first-order valence-electron chi connectivity index (χ1n) is 7.95. The Morgan fingerprint density at radius 1 is 1.12 bits per heavy atom. The number of rotatable bonds is 5. The lowest BCUT2D eigenvalue weighted by molar-refractivity contribution is 0.171. The van der Waals surface area contributed by atoms with Crippen molar-refractivity contribution >= 4 is 10.0 Å². The van der Waals surface area contributed by atoms with E-state index in [9.17, 15) is 8.42 Å². The van der Waals surface area contributed by atoms with Crippen LogP contribution in [0.4, 0.5) is 0 Å². The van der Waals surface area contributed by atoms with Gasteiger partial charge in [-0.05, 0) is 36.6 Å². The largest absolute Gasteiger partial charge is 0.486 e. The van der Waals surface area contributed by atoms with Gasteiger partial charge in [0.2, 0.25) is 10.0 Å². The summed E-state index contributed by atoms with van der Waals surface area (Å²) in [4.78, 5) is 4.31. The second-order valence-electron chi connectivity index (χ2n) is 5.95. The second kappa shape index (κ2) is 6.07. The van der Waals surface area contributed by atoms with Gasteiger partial charge in [-0.25, -0.2) is 8.42 Å². The highest BCUT2D eigenvalue weighted by Gasteiger charge is 2.38. The van der Waals surface area contributed by atoms with Gasteiger partial charge < -0.3 is 9.47 Å². The minimum absolute atomic E-state index is 0.0587. The molecule has 1 aliphatic heterocycles. The van der Waals surface area contributed by atoms with Crippen LogP contribution in [0, 0.1) is 0 Å². The molecule has 0 N–H and O–H groups in total. The maximum absolute atomic E-state index is 13.1. The molecule has 1 aromatic carbocycles. The van der Waals surface area contributed by atoms with Gasteiger partial charge in [-0.1, -0.05) is 6.07 Å². The van der Waals surface area contributed by atoms with Gasteiger partial charge >= 0.3 is 0 Å². The SMILES string of the molecule is O=S(=O)(c1ccc2c(c1)OCCO2)N(Cc1cccnc1)C1CC1. The van der Waals surface area contributed by atoms with Crippen LogP contribution >= 0.6 is 0 Å². The first-order valence-corrected chi connectivity index (χ1v) is 9.39. The average molecular weight is 346 g/mol. The Balaban J connectivity index is 1.66. The van der Waals surface area contributed by atoms with E-state index in [1.165, 1.54) is 0 Å². The summed E-state index contributed by atoms with van der Waals surface area (Å²) in [5.41, 5.74) is 0.880. The first-order chi connectivity index (χ1) is 11.6. The zero-order chi connectivity index (χ0) is 16.6. The van der Waals surface area contributed by atoms with Gasteiger partial charge in [0.1, 0.15) is 13.2 Å². The monoisotopic (exact) mass is 346 g/mol. The van der Waals surface area contributed by atoms with Crippen LogP contribution in [-0.4, -0.2) is 37.0 Å². The third-order valence-corrected chi connectivity index (χ3v) is 6.03. The van der Waals surface area contributed by atoms with E-state index in [2.05, 4.69) is 4.98 Å². The van der Waals surface area contributed by atoms with Crippen LogP contribution in [0.15, 0.2) is 47.6 Å². The molecule has 1 aromatic heterocycles. The van der Waals surface area contributed by atoms with Crippen molar-refractivity contribution in [3.8, 4) is 11.5 Å². The smallest absolute Gasteiger partial charge is 0.243 e. The summed E-state index contributed by atoms with van der Waals surface area (Å²) in [5.74, 6) is 1.07.